The predicted octanol–water partition coefficient (Wildman–Crippen LogP) is 4.61. The summed E-state index contributed by atoms with van der Waals surface area (Å²) in [5.74, 6) is -0.687. The van der Waals surface area contributed by atoms with E-state index in [1.165, 1.54) is 48.4 Å². The Kier molecular flexibility index (Phi) is 5.82. The standard InChI is InChI=1S/C23H18F3N5O2/c1-15(32)31(19-8-11-30-18(14-19)7-10-28-30)21-13-17(6-9-27-21)29-22(33)12-16-4-2-3-5-20(16)23(24,25)26/h2-11,13-14H,12H2,1H3,(H,27,29,33). The molecule has 2 amide bonds. The first-order valence-electron chi connectivity index (χ1n) is 9.87. The molecule has 0 aliphatic carbocycles. The summed E-state index contributed by atoms with van der Waals surface area (Å²) in [6.45, 7) is 1.38. The zero-order valence-corrected chi connectivity index (χ0v) is 17.4. The zero-order chi connectivity index (χ0) is 23.6. The highest BCUT2D eigenvalue weighted by Gasteiger charge is 2.33. The number of hydrogen-bond donors (Lipinski definition) is 1. The highest BCUT2D eigenvalue weighted by Crippen LogP contribution is 2.32. The molecular weight excluding hydrogens is 435 g/mol. The van der Waals surface area contributed by atoms with Gasteiger partial charge in [-0.15, -0.1) is 0 Å². The van der Waals surface area contributed by atoms with Gasteiger partial charge in [-0.1, -0.05) is 18.2 Å². The number of alkyl halides is 3. The fourth-order valence-corrected chi connectivity index (χ4v) is 3.47. The number of aromatic nitrogens is 3. The Morgan fingerprint density at radius 1 is 1.06 bits per heavy atom. The number of carbonyl (C=O) groups excluding carboxylic acids is 2. The number of rotatable bonds is 5. The van der Waals surface area contributed by atoms with Crippen molar-refractivity contribution in [2.45, 2.75) is 19.5 Å². The second-order valence-electron chi connectivity index (χ2n) is 7.22. The molecule has 0 aliphatic rings. The summed E-state index contributed by atoms with van der Waals surface area (Å²) in [6, 6.07) is 13.1. The van der Waals surface area contributed by atoms with Crippen LogP contribution in [-0.4, -0.2) is 26.4 Å². The lowest BCUT2D eigenvalue weighted by atomic mass is 10.0. The van der Waals surface area contributed by atoms with Gasteiger partial charge in [0.1, 0.15) is 5.82 Å². The molecule has 0 atom stereocenters. The van der Waals surface area contributed by atoms with Crippen LogP contribution in [0.1, 0.15) is 18.1 Å². The highest BCUT2D eigenvalue weighted by molar-refractivity contribution is 5.99. The number of fused-ring (bicyclic) bond motifs is 1. The number of carbonyl (C=O) groups is 2. The minimum Gasteiger partial charge on any atom is -0.326 e. The summed E-state index contributed by atoms with van der Waals surface area (Å²) in [4.78, 5) is 30.5. The van der Waals surface area contributed by atoms with Gasteiger partial charge in [0.25, 0.3) is 0 Å². The molecule has 4 rings (SSSR count). The second kappa shape index (κ2) is 8.73. The molecule has 168 valence electrons. The average Bonchev–Trinajstić information content (AvgIpc) is 3.21. The van der Waals surface area contributed by atoms with Crippen molar-refractivity contribution in [1.29, 1.82) is 0 Å². The molecule has 1 N–H and O–H groups in total. The van der Waals surface area contributed by atoms with E-state index < -0.39 is 24.1 Å². The molecule has 4 aromatic rings. The molecule has 3 heterocycles. The summed E-state index contributed by atoms with van der Waals surface area (Å²) >= 11 is 0. The summed E-state index contributed by atoms with van der Waals surface area (Å²) in [5, 5.41) is 6.70. The average molecular weight is 453 g/mol. The first-order chi connectivity index (χ1) is 15.7. The lowest BCUT2D eigenvalue weighted by Crippen LogP contribution is -2.24. The van der Waals surface area contributed by atoms with Gasteiger partial charge in [-0.3, -0.25) is 14.5 Å². The fraction of sp³-hybridized carbons (Fsp3) is 0.130. The molecule has 0 unspecified atom stereocenters. The monoisotopic (exact) mass is 453 g/mol. The molecule has 3 aromatic heterocycles. The predicted molar refractivity (Wildman–Crippen MR) is 116 cm³/mol. The third-order valence-corrected chi connectivity index (χ3v) is 4.89. The van der Waals surface area contributed by atoms with Crippen molar-refractivity contribution < 1.29 is 22.8 Å². The number of hydrogen-bond acceptors (Lipinski definition) is 4. The van der Waals surface area contributed by atoms with Gasteiger partial charge >= 0.3 is 6.18 Å². The number of benzene rings is 1. The van der Waals surface area contributed by atoms with Gasteiger partial charge in [-0.25, -0.2) is 9.50 Å². The molecule has 0 spiro atoms. The van der Waals surface area contributed by atoms with Crippen LogP contribution in [0, 0.1) is 0 Å². The van der Waals surface area contributed by atoms with Crippen LogP contribution in [0.2, 0.25) is 0 Å². The Morgan fingerprint density at radius 2 is 1.85 bits per heavy atom. The summed E-state index contributed by atoms with van der Waals surface area (Å²) in [7, 11) is 0. The number of anilines is 3. The van der Waals surface area contributed by atoms with E-state index in [1.54, 1.807) is 35.1 Å². The quantitative estimate of drug-likeness (QED) is 0.479. The second-order valence-corrected chi connectivity index (χ2v) is 7.22. The Labute approximate surface area is 186 Å². The summed E-state index contributed by atoms with van der Waals surface area (Å²) in [5.41, 5.74) is 0.633. The number of halogens is 3. The Hall–Kier alpha value is -4.21. The van der Waals surface area contributed by atoms with Gasteiger partial charge < -0.3 is 5.32 Å². The van der Waals surface area contributed by atoms with E-state index in [1.807, 2.05) is 0 Å². The van der Waals surface area contributed by atoms with Crippen LogP contribution in [0.5, 0.6) is 0 Å². The summed E-state index contributed by atoms with van der Waals surface area (Å²) in [6.07, 6.45) is -0.282. The Morgan fingerprint density at radius 3 is 2.61 bits per heavy atom. The van der Waals surface area contributed by atoms with E-state index in [4.69, 9.17) is 0 Å². The lowest BCUT2D eigenvalue weighted by Gasteiger charge is -2.21. The van der Waals surface area contributed by atoms with E-state index in [0.29, 0.717) is 11.4 Å². The van der Waals surface area contributed by atoms with Crippen molar-refractivity contribution in [1.82, 2.24) is 14.6 Å². The Balaban J connectivity index is 1.57. The number of nitrogens with zero attached hydrogens (tertiary/aromatic N) is 4. The molecule has 0 saturated heterocycles. The number of amides is 2. The van der Waals surface area contributed by atoms with Crippen LogP contribution >= 0.6 is 0 Å². The zero-order valence-electron chi connectivity index (χ0n) is 17.4. The van der Waals surface area contributed by atoms with E-state index >= 15 is 0 Å². The van der Waals surface area contributed by atoms with Crippen LogP contribution in [0.3, 0.4) is 0 Å². The van der Waals surface area contributed by atoms with Crippen LogP contribution in [0.25, 0.3) is 5.52 Å². The van der Waals surface area contributed by atoms with E-state index in [-0.39, 0.29) is 17.3 Å². The van der Waals surface area contributed by atoms with E-state index in [0.717, 1.165) is 11.6 Å². The number of pyridine rings is 2. The molecule has 33 heavy (non-hydrogen) atoms. The minimum absolute atomic E-state index is 0.128. The maximum absolute atomic E-state index is 13.2. The van der Waals surface area contributed by atoms with E-state index in [9.17, 15) is 22.8 Å². The van der Waals surface area contributed by atoms with Crippen molar-refractivity contribution in [2.75, 3.05) is 10.2 Å². The third kappa shape index (κ3) is 4.84. The molecule has 0 radical (unpaired) electrons. The van der Waals surface area contributed by atoms with Gasteiger partial charge in [0, 0.05) is 37.3 Å². The van der Waals surface area contributed by atoms with E-state index in [2.05, 4.69) is 15.4 Å². The van der Waals surface area contributed by atoms with Crippen LogP contribution in [0.4, 0.5) is 30.4 Å². The fourth-order valence-electron chi connectivity index (χ4n) is 3.47. The molecule has 7 nitrogen and oxygen atoms in total. The smallest absolute Gasteiger partial charge is 0.326 e. The maximum atomic E-state index is 13.2. The van der Waals surface area contributed by atoms with Gasteiger partial charge in [0.15, 0.2) is 0 Å². The lowest BCUT2D eigenvalue weighted by molar-refractivity contribution is -0.138. The van der Waals surface area contributed by atoms with Crippen LogP contribution in [-0.2, 0) is 22.2 Å². The highest BCUT2D eigenvalue weighted by atomic mass is 19.4. The summed E-state index contributed by atoms with van der Waals surface area (Å²) < 4.78 is 41.2. The van der Waals surface area contributed by atoms with Gasteiger partial charge in [0.2, 0.25) is 11.8 Å². The van der Waals surface area contributed by atoms with Crippen molar-refractivity contribution in [3.05, 3.63) is 84.3 Å². The SMILES string of the molecule is CC(=O)N(c1ccn2nccc2c1)c1cc(NC(=O)Cc2ccccc2C(F)(F)F)ccn1. The van der Waals surface area contributed by atoms with Gasteiger partial charge in [0.05, 0.1) is 23.2 Å². The van der Waals surface area contributed by atoms with Crippen molar-refractivity contribution in [2.24, 2.45) is 0 Å². The first-order valence-corrected chi connectivity index (χ1v) is 9.87. The van der Waals surface area contributed by atoms with Gasteiger partial charge in [-0.05, 0) is 35.9 Å². The van der Waals surface area contributed by atoms with Gasteiger partial charge in [-0.2, -0.15) is 18.3 Å². The topological polar surface area (TPSA) is 79.6 Å². The minimum atomic E-state index is -4.56. The molecular formula is C23H18F3N5O2. The largest absolute Gasteiger partial charge is 0.416 e. The first kappa shape index (κ1) is 22.0. The molecule has 10 heteroatoms. The molecule has 0 aliphatic heterocycles. The molecule has 0 fully saturated rings. The molecule has 1 aromatic carbocycles. The third-order valence-electron chi connectivity index (χ3n) is 4.89. The van der Waals surface area contributed by atoms with Crippen molar-refractivity contribution >= 4 is 34.5 Å². The normalized spacial score (nSPS) is 11.4. The van der Waals surface area contributed by atoms with Crippen molar-refractivity contribution in [3.8, 4) is 0 Å². The van der Waals surface area contributed by atoms with Crippen LogP contribution in [0.15, 0.2) is 73.2 Å². The molecule has 0 bridgehead atoms. The van der Waals surface area contributed by atoms with Crippen molar-refractivity contribution in [3.63, 3.8) is 0 Å². The maximum Gasteiger partial charge on any atom is 0.416 e. The number of nitrogens with one attached hydrogen (secondary N) is 1. The molecule has 0 saturated carbocycles. The Bertz CT molecular complexity index is 1330. The van der Waals surface area contributed by atoms with Crippen LogP contribution < -0.4 is 10.2 Å².